The molecular formula is C14H19BrN2O2. The number of carbonyl (C=O) groups is 1. The third-order valence-corrected chi connectivity index (χ3v) is 3.78. The quantitative estimate of drug-likeness (QED) is 0.817. The van der Waals surface area contributed by atoms with Crippen molar-refractivity contribution in [2.75, 3.05) is 25.0 Å². The van der Waals surface area contributed by atoms with Gasteiger partial charge in [0, 0.05) is 29.9 Å². The molecule has 2 unspecified atom stereocenters. The van der Waals surface area contributed by atoms with E-state index in [2.05, 4.69) is 26.6 Å². The maximum atomic E-state index is 11.9. The first-order valence-electron chi connectivity index (χ1n) is 6.55. The number of benzene rings is 1. The third kappa shape index (κ3) is 4.21. The maximum absolute atomic E-state index is 11.9. The lowest BCUT2D eigenvalue weighted by atomic mass is 10.0. The van der Waals surface area contributed by atoms with Crippen LogP contribution in [0.25, 0.3) is 0 Å². The lowest BCUT2D eigenvalue weighted by Gasteiger charge is -2.14. The summed E-state index contributed by atoms with van der Waals surface area (Å²) in [6, 6.07) is 7.96. The number of nitrogens with one attached hydrogen (secondary N) is 2. The van der Waals surface area contributed by atoms with Crippen molar-refractivity contribution in [3.8, 4) is 0 Å². The highest BCUT2D eigenvalue weighted by Gasteiger charge is 2.30. The summed E-state index contributed by atoms with van der Waals surface area (Å²) >= 11 is 3.42. The summed E-state index contributed by atoms with van der Waals surface area (Å²) in [5.74, 6) is 0.104. The molecular weight excluding hydrogens is 308 g/mol. The van der Waals surface area contributed by atoms with Crippen molar-refractivity contribution in [3.05, 3.63) is 28.7 Å². The van der Waals surface area contributed by atoms with Crippen LogP contribution in [0.15, 0.2) is 28.7 Å². The van der Waals surface area contributed by atoms with E-state index in [0.29, 0.717) is 19.7 Å². The highest BCUT2D eigenvalue weighted by molar-refractivity contribution is 9.10. The van der Waals surface area contributed by atoms with Gasteiger partial charge in [-0.1, -0.05) is 22.0 Å². The van der Waals surface area contributed by atoms with Gasteiger partial charge in [0.1, 0.15) is 0 Å². The summed E-state index contributed by atoms with van der Waals surface area (Å²) in [5, 5.41) is 6.21. The van der Waals surface area contributed by atoms with Crippen LogP contribution in [0.3, 0.4) is 0 Å². The van der Waals surface area contributed by atoms with Crippen LogP contribution in [0.1, 0.15) is 13.3 Å². The van der Waals surface area contributed by atoms with Gasteiger partial charge in [0.15, 0.2) is 0 Å². The zero-order valence-electron chi connectivity index (χ0n) is 11.0. The predicted molar refractivity (Wildman–Crippen MR) is 79.2 cm³/mol. The molecule has 2 atom stereocenters. The van der Waals surface area contributed by atoms with E-state index in [1.807, 2.05) is 31.2 Å². The summed E-state index contributed by atoms with van der Waals surface area (Å²) in [6.07, 6.45) is 0.865. The summed E-state index contributed by atoms with van der Waals surface area (Å²) in [7, 11) is 0. The molecule has 4 nitrogen and oxygen atoms in total. The minimum absolute atomic E-state index is 0.00543. The molecule has 1 aromatic carbocycles. The average Bonchev–Trinajstić information content (AvgIpc) is 2.81. The summed E-state index contributed by atoms with van der Waals surface area (Å²) < 4.78 is 6.43. The van der Waals surface area contributed by atoms with Gasteiger partial charge in [-0.15, -0.1) is 0 Å². The van der Waals surface area contributed by atoms with Crippen LogP contribution in [0, 0.1) is 5.92 Å². The van der Waals surface area contributed by atoms with Gasteiger partial charge >= 0.3 is 0 Å². The zero-order valence-corrected chi connectivity index (χ0v) is 12.6. The zero-order chi connectivity index (χ0) is 13.7. The molecule has 1 aliphatic rings. The number of hydrogen-bond donors (Lipinski definition) is 2. The number of rotatable bonds is 5. The number of ether oxygens (including phenoxy) is 1. The Bertz CT molecular complexity index is 439. The van der Waals surface area contributed by atoms with Crippen molar-refractivity contribution in [1.82, 2.24) is 5.32 Å². The van der Waals surface area contributed by atoms with Gasteiger partial charge in [-0.3, -0.25) is 4.79 Å². The highest BCUT2D eigenvalue weighted by Crippen LogP contribution is 2.20. The molecule has 1 aromatic rings. The Balaban J connectivity index is 1.68. The molecule has 1 heterocycles. The van der Waals surface area contributed by atoms with Crippen LogP contribution in [0.5, 0.6) is 0 Å². The SMILES string of the molecule is CC1OCCC1C(=O)NCCNc1cccc(Br)c1. The molecule has 0 spiro atoms. The maximum Gasteiger partial charge on any atom is 0.225 e. The van der Waals surface area contributed by atoms with Gasteiger partial charge in [-0.25, -0.2) is 0 Å². The first kappa shape index (κ1) is 14.3. The summed E-state index contributed by atoms with van der Waals surface area (Å²) in [4.78, 5) is 11.9. The van der Waals surface area contributed by atoms with Crippen LogP contribution >= 0.6 is 15.9 Å². The van der Waals surface area contributed by atoms with E-state index < -0.39 is 0 Å². The number of hydrogen-bond acceptors (Lipinski definition) is 3. The molecule has 0 bridgehead atoms. The fourth-order valence-corrected chi connectivity index (χ4v) is 2.60. The Hall–Kier alpha value is -1.07. The second-order valence-corrected chi connectivity index (χ2v) is 5.61. The van der Waals surface area contributed by atoms with Gasteiger partial charge in [0.25, 0.3) is 0 Å². The lowest BCUT2D eigenvalue weighted by Crippen LogP contribution is -2.36. The Kier molecular flexibility index (Phi) is 5.22. The second kappa shape index (κ2) is 6.91. The number of carbonyl (C=O) groups excluding carboxylic acids is 1. The Morgan fingerprint density at radius 1 is 1.47 bits per heavy atom. The number of amides is 1. The minimum Gasteiger partial charge on any atom is -0.383 e. The Labute approximate surface area is 122 Å². The van der Waals surface area contributed by atoms with Gasteiger partial charge in [0.05, 0.1) is 12.0 Å². The van der Waals surface area contributed by atoms with Crippen LogP contribution < -0.4 is 10.6 Å². The molecule has 0 saturated carbocycles. The average molecular weight is 327 g/mol. The molecule has 0 aliphatic carbocycles. The lowest BCUT2D eigenvalue weighted by molar-refractivity contribution is -0.126. The summed E-state index contributed by atoms with van der Waals surface area (Å²) in [5.41, 5.74) is 1.04. The topological polar surface area (TPSA) is 50.4 Å². The predicted octanol–water partition coefficient (Wildman–Crippen LogP) is 2.40. The normalized spacial score (nSPS) is 22.2. The van der Waals surface area contributed by atoms with E-state index in [0.717, 1.165) is 16.6 Å². The molecule has 2 N–H and O–H groups in total. The van der Waals surface area contributed by atoms with Crippen LogP contribution in [0.4, 0.5) is 5.69 Å². The molecule has 104 valence electrons. The molecule has 0 aromatic heterocycles. The first-order chi connectivity index (χ1) is 9.16. The van der Waals surface area contributed by atoms with Gasteiger partial charge in [-0.2, -0.15) is 0 Å². The van der Waals surface area contributed by atoms with E-state index in [1.54, 1.807) is 0 Å². The van der Waals surface area contributed by atoms with Crippen molar-refractivity contribution < 1.29 is 9.53 Å². The van der Waals surface area contributed by atoms with Crippen LogP contribution in [0.2, 0.25) is 0 Å². The third-order valence-electron chi connectivity index (χ3n) is 3.29. The molecule has 1 fully saturated rings. The summed E-state index contributed by atoms with van der Waals surface area (Å²) in [6.45, 7) is 3.98. The van der Waals surface area contributed by atoms with E-state index >= 15 is 0 Å². The number of anilines is 1. The van der Waals surface area contributed by atoms with Crippen molar-refractivity contribution in [1.29, 1.82) is 0 Å². The molecule has 1 amide bonds. The molecule has 2 rings (SSSR count). The molecule has 5 heteroatoms. The van der Waals surface area contributed by atoms with E-state index in [1.165, 1.54) is 0 Å². The van der Waals surface area contributed by atoms with Gasteiger partial charge < -0.3 is 15.4 Å². The van der Waals surface area contributed by atoms with Crippen molar-refractivity contribution in [2.24, 2.45) is 5.92 Å². The van der Waals surface area contributed by atoms with Crippen molar-refractivity contribution >= 4 is 27.5 Å². The molecule has 1 saturated heterocycles. The fraction of sp³-hybridized carbons (Fsp3) is 0.500. The molecule has 0 radical (unpaired) electrons. The van der Waals surface area contributed by atoms with E-state index in [4.69, 9.17) is 4.74 Å². The fourth-order valence-electron chi connectivity index (χ4n) is 2.20. The van der Waals surface area contributed by atoms with Crippen LogP contribution in [-0.4, -0.2) is 31.7 Å². The monoisotopic (exact) mass is 326 g/mol. The molecule has 1 aliphatic heterocycles. The minimum atomic E-state index is 0.00543. The highest BCUT2D eigenvalue weighted by atomic mass is 79.9. The largest absolute Gasteiger partial charge is 0.383 e. The molecule has 19 heavy (non-hydrogen) atoms. The van der Waals surface area contributed by atoms with Crippen molar-refractivity contribution in [2.45, 2.75) is 19.4 Å². The van der Waals surface area contributed by atoms with E-state index in [9.17, 15) is 4.79 Å². The first-order valence-corrected chi connectivity index (χ1v) is 7.35. The van der Waals surface area contributed by atoms with Gasteiger partial charge in [0.2, 0.25) is 5.91 Å². The van der Waals surface area contributed by atoms with Crippen LogP contribution in [-0.2, 0) is 9.53 Å². The van der Waals surface area contributed by atoms with Crippen molar-refractivity contribution in [3.63, 3.8) is 0 Å². The number of halogens is 1. The smallest absolute Gasteiger partial charge is 0.225 e. The van der Waals surface area contributed by atoms with Gasteiger partial charge in [-0.05, 0) is 31.5 Å². The Morgan fingerprint density at radius 3 is 3.00 bits per heavy atom. The standard InChI is InChI=1S/C14H19BrN2O2/c1-10-13(5-8-19-10)14(18)17-7-6-16-12-4-2-3-11(15)9-12/h2-4,9-10,13,16H,5-8H2,1H3,(H,17,18). The van der Waals surface area contributed by atoms with E-state index in [-0.39, 0.29) is 17.9 Å². The Morgan fingerprint density at radius 2 is 2.32 bits per heavy atom. The second-order valence-electron chi connectivity index (χ2n) is 4.70.